The van der Waals surface area contributed by atoms with Crippen LogP contribution in [-0.4, -0.2) is 26.1 Å². The number of carbonyl (C=O) groups is 1. The number of aromatic amines is 1. The number of nitrogens with zero attached hydrogens (tertiary/aromatic N) is 3. The monoisotopic (exact) mass is 297 g/mol. The maximum atomic E-state index is 12.8. The highest BCUT2D eigenvalue weighted by atomic mass is 19.1. The lowest BCUT2D eigenvalue weighted by Crippen LogP contribution is -2.13. The molecule has 2 heterocycles. The highest BCUT2D eigenvalue weighted by Gasteiger charge is 2.10. The maximum absolute atomic E-state index is 12.8. The van der Waals surface area contributed by atoms with Crippen LogP contribution in [0.4, 0.5) is 10.3 Å². The number of H-pyrrole nitrogens is 1. The molecular formula is C15H12FN5O. The lowest BCUT2D eigenvalue weighted by atomic mass is 10.1. The van der Waals surface area contributed by atoms with Gasteiger partial charge in [-0.25, -0.2) is 4.39 Å². The molecule has 2 aromatic heterocycles. The summed E-state index contributed by atoms with van der Waals surface area (Å²) in [6.45, 7) is 0. The van der Waals surface area contributed by atoms with Gasteiger partial charge in [-0.05, 0) is 29.8 Å². The molecule has 1 aromatic carbocycles. The first-order valence-corrected chi connectivity index (χ1v) is 6.58. The number of hydrogen-bond donors (Lipinski definition) is 2. The fourth-order valence-corrected chi connectivity index (χ4v) is 1.90. The molecule has 6 nitrogen and oxygen atoms in total. The van der Waals surface area contributed by atoms with Crippen LogP contribution in [0.15, 0.2) is 48.8 Å². The number of halogens is 1. The first kappa shape index (κ1) is 13.9. The zero-order valence-electron chi connectivity index (χ0n) is 11.5. The standard InChI is InChI=1S/C15H12FN5O/c16-12-5-3-10(4-6-12)8-13-18-15(21-20-13)19-14(22)11-2-1-7-17-9-11/h1-7,9H,8H2,(H2,18,19,20,21,22). The molecule has 0 bridgehead atoms. The molecule has 0 saturated carbocycles. The van der Waals surface area contributed by atoms with Crippen molar-refractivity contribution in [3.05, 3.63) is 71.6 Å². The van der Waals surface area contributed by atoms with E-state index in [0.29, 0.717) is 17.8 Å². The van der Waals surface area contributed by atoms with Crippen LogP contribution >= 0.6 is 0 Å². The third-order valence-electron chi connectivity index (χ3n) is 2.97. The van der Waals surface area contributed by atoms with E-state index in [1.165, 1.54) is 18.3 Å². The number of nitrogens with one attached hydrogen (secondary N) is 2. The molecule has 22 heavy (non-hydrogen) atoms. The Balaban J connectivity index is 1.66. The van der Waals surface area contributed by atoms with E-state index in [4.69, 9.17) is 0 Å². The number of anilines is 1. The van der Waals surface area contributed by atoms with Gasteiger partial charge in [0, 0.05) is 18.8 Å². The van der Waals surface area contributed by atoms with Gasteiger partial charge in [0.25, 0.3) is 5.91 Å². The number of pyridine rings is 1. The van der Waals surface area contributed by atoms with E-state index in [1.54, 1.807) is 30.5 Å². The summed E-state index contributed by atoms with van der Waals surface area (Å²) in [4.78, 5) is 20.0. The van der Waals surface area contributed by atoms with Crippen molar-refractivity contribution in [1.82, 2.24) is 20.2 Å². The number of aromatic nitrogens is 4. The van der Waals surface area contributed by atoms with Crippen LogP contribution in [0.25, 0.3) is 0 Å². The summed E-state index contributed by atoms with van der Waals surface area (Å²) in [6.07, 6.45) is 3.52. The van der Waals surface area contributed by atoms with Gasteiger partial charge in [-0.1, -0.05) is 12.1 Å². The molecule has 0 radical (unpaired) electrons. The minimum Gasteiger partial charge on any atom is -0.289 e. The van der Waals surface area contributed by atoms with Gasteiger partial charge in [-0.2, -0.15) is 4.98 Å². The van der Waals surface area contributed by atoms with Crippen molar-refractivity contribution in [3.63, 3.8) is 0 Å². The highest BCUT2D eigenvalue weighted by Crippen LogP contribution is 2.09. The van der Waals surface area contributed by atoms with Gasteiger partial charge >= 0.3 is 0 Å². The average molecular weight is 297 g/mol. The average Bonchev–Trinajstić information content (AvgIpc) is 2.97. The summed E-state index contributed by atoms with van der Waals surface area (Å²) in [5.74, 6) is 0.144. The van der Waals surface area contributed by atoms with Crippen molar-refractivity contribution in [2.45, 2.75) is 6.42 Å². The Morgan fingerprint density at radius 2 is 2.05 bits per heavy atom. The number of rotatable bonds is 4. The minimum atomic E-state index is -0.333. The van der Waals surface area contributed by atoms with Gasteiger partial charge in [0.05, 0.1) is 5.56 Å². The molecule has 0 fully saturated rings. The van der Waals surface area contributed by atoms with E-state index in [1.807, 2.05) is 0 Å². The molecule has 0 atom stereocenters. The summed E-state index contributed by atoms with van der Waals surface area (Å²) in [5.41, 5.74) is 1.31. The molecule has 0 aliphatic carbocycles. The first-order valence-electron chi connectivity index (χ1n) is 6.58. The van der Waals surface area contributed by atoms with Crippen molar-refractivity contribution < 1.29 is 9.18 Å². The smallest absolute Gasteiger partial charge is 0.259 e. The van der Waals surface area contributed by atoms with Crippen molar-refractivity contribution in [2.75, 3.05) is 5.32 Å². The molecule has 2 N–H and O–H groups in total. The van der Waals surface area contributed by atoms with E-state index < -0.39 is 0 Å². The molecule has 1 amide bonds. The molecule has 3 rings (SSSR count). The third kappa shape index (κ3) is 3.32. The van der Waals surface area contributed by atoms with Gasteiger partial charge in [-0.3, -0.25) is 20.2 Å². The van der Waals surface area contributed by atoms with Gasteiger partial charge in [-0.15, -0.1) is 5.10 Å². The van der Waals surface area contributed by atoms with Crippen LogP contribution in [0, 0.1) is 5.82 Å². The highest BCUT2D eigenvalue weighted by molar-refractivity contribution is 6.02. The first-order chi connectivity index (χ1) is 10.7. The molecule has 110 valence electrons. The second kappa shape index (κ2) is 6.13. The van der Waals surface area contributed by atoms with Crippen LogP contribution in [0.2, 0.25) is 0 Å². The van der Waals surface area contributed by atoms with Crippen LogP contribution < -0.4 is 5.32 Å². The topological polar surface area (TPSA) is 83.6 Å². The number of carbonyl (C=O) groups excluding carboxylic acids is 1. The second-order valence-electron chi connectivity index (χ2n) is 4.60. The van der Waals surface area contributed by atoms with Gasteiger partial charge in [0.1, 0.15) is 11.6 Å². The van der Waals surface area contributed by atoms with E-state index in [9.17, 15) is 9.18 Å². The zero-order valence-corrected chi connectivity index (χ0v) is 11.5. The van der Waals surface area contributed by atoms with Crippen LogP contribution in [0.1, 0.15) is 21.7 Å². The Morgan fingerprint density at radius 3 is 2.77 bits per heavy atom. The quantitative estimate of drug-likeness (QED) is 0.773. The lowest BCUT2D eigenvalue weighted by Gasteiger charge is -1.99. The second-order valence-corrected chi connectivity index (χ2v) is 4.60. The molecule has 0 saturated heterocycles. The SMILES string of the molecule is O=C(Nc1n[nH]c(Cc2ccc(F)cc2)n1)c1cccnc1. The molecule has 7 heteroatoms. The molecular weight excluding hydrogens is 285 g/mol. The predicted octanol–water partition coefficient (Wildman–Crippen LogP) is 2.18. The summed E-state index contributed by atoms with van der Waals surface area (Å²) >= 11 is 0. The summed E-state index contributed by atoms with van der Waals surface area (Å²) in [5, 5.41) is 9.25. The van der Waals surface area contributed by atoms with Crippen LogP contribution in [-0.2, 0) is 6.42 Å². The normalized spacial score (nSPS) is 10.4. The Labute approximate surface area is 125 Å². The van der Waals surface area contributed by atoms with E-state index in [2.05, 4.69) is 25.5 Å². The number of benzene rings is 1. The Kier molecular flexibility index (Phi) is 3.86. The lowest BCUT2D eigenvalue weighted by molar-refractivity contribution is 0.102. The van der Waals surface area contributed by atoms with Gasteiger partial charge < -0.3 is 0 Å². The Morgan fingerprint density at radius 1 is 1.23 bits per heavy atom. The van der Waals surface area contributed by atoms with E-state index in [0.717, 1.165) is 5.56 Å². The van der Waals surface area contributed by atoms with Crippen LogP contribution in [0.3, 0.4) is 0 Å². The van der Waals surface area contributed by atoms with Gasteiger partial charge in [0.15, 0.2) is 0 Å². The van der Waals surface area contributed by atoms with Crippen molar-refractivity contribution in [2.24, 2.45) is 0 Å². The summed E-state index contributed by atoms with van der Waals surface area (Å²) in [7, 11) is 0. The fourth-order valence-electron chi connectivity index (χ4n) is 1.90. The number of hydrogen-bond acceptors (Lipinski definition) is 4. The maximum Gasteiger partial charge on any atom is 0.259 e. The van der Waals surface area contributed by atoms with Crippen molar-refractivity contribution >= 4 is 11.9 Å². The van der Waals surface area contributed by atoms with Crippen molar-refractivity contribution in [1.29, 1.82) is 0 Å². The summed E-state index contributed by atoms with van der Waals surface area (Å²) < 4.78 is 12.8. The summed E-state index contributed by atoms with van der Waals surface area (Å²) in [6, 6.07) is 9.44. The largest absolute Gasteiger partial charge is 0.289 e. The zero-order chi connectivity index (χ0) is 15.4. The van der Waals surface area contributed by atoms with Crippen LogP contribution in [0.5, 0.6) is 0 Å². The van der Waals surface area contributed by atoms with Crippen molar-refractivity contribution in [3.8, 4) is 0 Å². The minimum absolute atomic E-state index is 0.186. The Hall–Kier alpha value is -3.09. The Bertz CT molecular complexity index is 770. The third-order valence-corrected chi connectivity index (χ3v) is 2.97. The molecule has 0 aliphatic rings. The molecule has 0 spiro atoms. The number of amides is 1. The van der Waals surface area contributed by atoms with Gasteiger partial charge in [0.2, 0.25) is 5.95 Å². The molecule has 0 aliphatic heterocycles. The predicted molar refractivity (Wildman–Crippen MR) is 77.8 cm³/mol. The van der Waals surface area contributed by atoms with E-state index in [-0.39, 0.29) is 17.7 Å². The molecule has 0 unspecified atom stereocenters. The van der Waals surface area contributed by atoms with E-state index >= 15 is 0 Å². The fraction of sp³-hybridized carbons (Fsp3) is 0.0667. The molecule has 3 aromatic rings.